The van der Waals surface area contributed by atoms with Crippen LogP contribution in [0.5, 0.6) is 0 Å². The lowest BCUT2D eigenvalue weighted by Crippen LogP contribution is -2.42. The molecule has 0 radical (unpaired) electrons. The van der Waals surface area contributed by atoms with Crippen LogP contribution in [0.2, 0.25) is 0 Å². The summed E-state index contributed by atoms with van der Waals surface area (Å²) in [7, 11) is 5.63. The van der Waals surface area contributed by atoms with Gasteiger partial charge in [-0.3, -0.25) is 4.99 Å². The zero-order valence-electron chi connectivity index (χ0n) is 16.7. The van der Waals surface area contributed by atoms with Crippen molar-refractivity contribution in [2.24, 2.45) is 4.99 Å². The molecule has 2 N–H and O–H groups in total. The van der Waals surface area contributed by atoms with Crippen molar-refractivity contribution in [3.8, 4) is 0 Å². The predicted octanol–water partition coefficient (Wildman–Crippen LogP) is 2.56. The zero-order chi connectivity index (χ0) is 19.3. The zero-order valence-corrected chi connectivity index (χ0v) is 16.7. The number of guanidine groups is 1. The van der Waals surface area contributed by atoms with Crippen LogP contribution in [-0.2, 0) is 4.74 Å². The van der Waals surface area contributed by atoms with Crippen LogP contribution in [0.3, 0.4) is 0 Å². The standard InChI is InChI=1S/C22H32N4O/c1-23-22(24-14-15-26(2)16-17-27-3)25-18-21(19-10-6-4-7-11-19)20-12-8-5-9-13-20/h4-13,21H,14-18H2,1-3H3,(H2,23,24,25). The molecule has 2 aromatic carbocycles. The van der Waals surface area contributed by atoms with Gasteiger partial charge in [0.1, 0.15) is 0 Å². The lowest BCUT2D eigenvalue weighted by Gasteiger charge is -2.21. The minimum absolute atomic E-state index is 0.273. The van der Waals surface area contributed by atoms with E-state index in [1.165, 1.54) is 11.1 Å². The van der Waals surface area contributed by atoms with Crippen molar-refractivity contribution in [2.45, 2.75) is 5.92 Å². The topological polar surface area (TPSA) is 48.9 Å². The number of benzene rings is 2. The Morgan fingerprint density at radius 2 is 1.56 bits per heavy atom. The molecule has 0 aliphatic carbocycles. The van der Waals surface area contributed by atoms with E-state index in [9.17, 15) is 0 Å². The Bertz CT molecular complexity index is 621. The van der Waals surface area contributed by atoms with Crippen molar-refractivity contribution in [1.82, 2.24) is 15.5 Å². The van der Waals surface area contributed by atoms with Crippen LogP contribution < -0.4 is 10.6 Å². The highest BCUT2D eigenvalue weighted by Gasteiger charge is 2.14. The Morgan fingerprint density at radius 1 is 0.963 bits per heavy atom. The molecule has 0 fully saturated rings. The van der Waals surface area contributed by atoms with E-state index in [0.717, 1.165) is 38.7 Å². The molecule has 0 aliphatic heterocycles. The number of ether oxygens (including phenoxy) is 1. The molecule has 2 aromatic rings. The second kappa shape index (κ2) is 12.1. The molecule has 5 nitrogen and oxygen atoms in total. The number of rotatable bonds is 10. The summed E-state index contributed by atoms with van der Waals surface area (Å²) in [5.74, 6) is 1.10. The van der Waals surface area contributed by atoms with Gasteiger partial charge in [0.05, 0.1) is 6.61 Å². The highest BCUT2D eigenvalue weighted by Crippen LogP contribution is 2.23. The fraction of sp³-hybridized carbons (Fsp3) is 0.409. The minimum Gasteiger partial charge on any atom is -0.383 e. The molecule has 0 spiro atoms. The van der Waals surface area contributed by atoms with Gasteiger partial charge in [-0.15, -0.1) is 0 Å². The Kier molecular flexibility index (Phi) is 9.38. The van der Waals surface area contributed by atoms with Gasteiger partial charge in [0.15, 0.2) is 5.96 Å². The molecule has 0 saturated heterocycles. The molecule has 0 aliphatic rings. The molecule has 0 bridgehead atoms. The van der Waals surface area contributed by atoms with Gasteiger partial charge < -0.3 is 20.3 Å². The Labute approximate surface area is 163 Å². The number of aliphatic imine (C=N–C) groups is 1. The maximum absolute atomic E-state index is 5.11. The third-order valence-electron chi connectivity index (χ3n) is 4.56. The van der Waals surface area contributed by atoms with Crippen LogP contribution in [0.4, 0.5) is 0 Å². The molecule has 2 rings (SSSR count). The maximum atomic E-state index is 5.11. The fourth-order valence-electron chi connectivity index (χ4n) is 2.94. The van der Waals surface area contributed by atoms with Crippen LogP contribution in [0.15, 0.2) is 65.7 Å². The van der Waals surface area contributed by atoms with Crippen molar-refractivity contribution in [2.75, 3.05) is 54.0 Å². The molecule has 0 heterocycles. The Balaban J connectivity index is 1.91. The summed E-state index contributed by atoms with van der Waals surface area (Å²) in [4.78, 5) is 6.59. The monoisotopic (exact) mass is 368 g/mol. The van der Waals surface area contributed by atoms with Gasteiger partial charge in [0.25, 0.3) is 0 Å². The van der Waals surface area contributed by atoms with Crippen molar-refractivity contribution in [3.05, 3.63) is 71.8 Å². The minimum atomic E-state index is 0.273. The molecule has 0 atom stereocenters. The lowest BCUT2D eigenvalue weighted by atomic mass is 9.91. The van der Waals surface area contributed by atoms with Crippen LogP contribution in [0.25, 0.3) is 0 Å². The first-order valence-electron chi connectivity index (χ1n) is 9.46. The van der Waals surface area contributed by atoms with Crippen molar-refractivity contribution < 1.29 is 4.74 Å². The fourth-order valence-corrected chi connectivity index (χ4v) is 2.94. The van der Waals surface area contributed by atoms with E-state index in [2.05, 4.69) is 88.2 Å². The average molecular weight is 369 g/mol. The summed E-state index contributed by atoms with van der Waals surface area (Å²) in [6.07, 6.45) is 0. The molecule has 0 saturated carbocycles. The number of hydrogen-bond donors (Lipinski definition) is 2. The van der Waals surface area contributed by atoms with Crippen molar-refractivity contribution >= 4 is 5.96 Å². The first-order valence-corrected chi connectivity index (χ1v) is 9.46. The molecular weight excluding hydrogens is 336 g/mol. The summed E-state index contributed by atoms with van der Waals surface area (Å²) >= 11 is 0. The summed E-state index contributed by atoms with van der Waals surface area (Å²) < 4.78 is 5.11. The van der Waals surface area contributed by atoms with Crippen LogP contribution >= 0.6 is 0 Å². The molecule has 0 unspecified atom stereocenters. The number of nitrogens with one attached hydrogen (secondary N) is 2. The number of likely N-dealkylation sites (N-methyl/N-ethyl adjacent to an activating group) is 1. The summed E-state index contributed by atoms with van der Waals surface area (Å²) in [5, 5.41) is 6.87. The van der Waals surface area contributed by atoms with Gasteiger partial charge in [-0.2, -0.15) is 0 Å². The van der Waals surface area contributed by atoms with Gasteiger partial charge in [-0.05, 0) is 18.2 Å². The van der Waals surface area contributed by atoms with Gasteiger partial charge in [-0.25, -0.2) is 0 Å². The third-order valence-corrected chi connectivity index (χ3v) is 4.56. The highest BCUT2D eigenvalue weighted by atomic mass is 16.5. The molecule has 146 valence electrons. The highest BCUT2D eigenvalue weighted by molar-refractivity contribution is 5.79. The van der Waals surface area contributed by atoms with E-state index < -0.39 is 0 Å². The largest absolute Gasteiger partial charge is 0.383 e. The second-order valence-electron chi connectivity index (χ2n) is 6.55. The SMILES string of the molecule is CN=C(NCCN(C)CCOC)NCC(c1ccccc1)c1ccccc1. The quantitative estimate of drug-likeness (QED) is 0.500. The molecule has 0 aromatic heterocycles. The smallest absolute Gasteiger partial charge is 0.191 e. The molecule has 27 heavy (non-hydrogen) atoms. The van der Waals surface area contributed by atoms with Gasteiger partial charge in [0.2, 0.25) is 0 Å². The Morgan fingerprint density at radius 3 is 2.07 bits per heavy atom. The normalized spacial score (nSPS) is 11.8. The van der Waals surface area contributed by atoms with E-state index >= 15 is 0 Å². The first-order chi connectivity index (χ1) is 13.2. The average Bonchev–Trinajstić information content (AvgIpc) is 2.72. The van der Waals surface area contributed by atoms with Crippen molar-refractivity contribution in [3.63, 3.8) is 0 Å². The van der Waals surface area contributed by atoms with E-state index in [1.54, 1.807) is 7.11 Å². The molecule has 0 amide bonds. The van der Waals surface area contributed by atoms with E-state index in [0.29, 0.717) is 0 Å². The summed E-state index contributed by atoms with van der Waals surface area (Å²) in [6, 6.07) is 21.2. The summed E-state index contributed by atoms with van der Waals surface area (Å²) in [6.45, 7) is 4.23. The third kappa shape index (κ3) is 7.41. The lowest BCUT2D eigenvalue weighted by molar-refractivity contribution is 0.162. The molecule has 5 heteroatoms. The van der Waals surface area contributed by atoms with Crippen LogP contribution in [0.1, 0.15) is 17.0 Å². The van der Waals surface area contributed by atoms with E-state index in [-0.39, 0.29) is 5.92 Å². The van der Waals surface area contributed by atoms with E-state index in [1.807, 2.05) is 7.05 Å². The van der Waals surface area contributed by atoms with Crippen molar-refractivity contribution in [1.29, 1.82) is 0 Å². The number of methoxy groups -OCH3 is 1. The predicted molar refractivity (Wildman–Crippen MR) is 113 cm³/mol. The first kappa shape index (κ1) is 20.9. The van der Waals surface area contributed by atoms with Gasteiger partial charge >= 0.3 is 0 Å². The van der Waals surface area contributed by atoms with Gasteiger partial charge in [0, 0.05) is 46.3 Å². The van der Waals surface area contributed by atoms with Gasteiger partial charge in [-0.1, -0.05) is 60.7 Å². The molecular formula is C22H32N4O. The summed E-state index contributed by atoms with van der Waals surface area (Å²) in [5.41, 5.74) is 2.59. The van der Waals surface area contributed by atoms with Crippen LogP contribution in [0, 0.1) is 0 Å². The van der Waals surface area contributed by atoms with E-state index in [4.69, 9.17) is 4.74 Å². The maximum Gasteiger partial charge on any atom is 0.191 e. The van der Waals surface area contributed by atoms with Crippen LogP contribution in [-0.4, -0.2) is 64.9 Å². The second-order valence-corrected chi connectivity index (χ2v) is 6.55. The Hall–Kier alpha value is -2.37. The number of hydrogen-bond acceptors (Lipinski definition) is 3. The number of nitrogens with zero attached hydrogens (tertiary/aromatic N) is 2.